The average Bonchev–Trinajstić information content (AvgIpc) is 2.35. The number of halogens is 3. The maximum Gasteiger partial charge on any atom is 0.471 e. The van der Waals surface area contributed by atoms with E-state index in [1.807, 2.05) is 0 Å². The summed E-state index contributed by atoms with van der Waals surface area (Å²) < 4.78 is 37.6. The van der Waals surface area contributed by atoms with Crippen LogP contribution in [0, 0.1) is 5.92 Å². The lowest BCUT2D eigenvalue weighted by atomic mass is 9.92. The van der Waals surface area contributed by atoms with Crippen LogP contribution in [0.2, 0.25) is 0 Å². The van der Waals surface area contributed by atoms with Crippen molar-refractivity contribution in [3.8, 4) is 0 Å². The summed E-state index contributed by atoms with van der Waals surface area (Å²) in [7, 11) is 0. The van der Waals surface area contributed by atoms with Crippen molar-refractivity contribution < 1.29 is 27.9 Å². The highest BCUT2D eigenvalue weighted by molar-refractivity contribution is 5.99. The molecule has 1 unspecified atom stereocenters. The van der Waals surface area contributed by atoms with Crippen LogP contribution in [0.1, 0.15) is 5.56 Å². The Morgan fingerprint density at radius 3 is 2.47 bits per heavy atom. The second-order valence-electron chi connectivity index (χ2n) is 4.28. The van der Waals surface area contributed by atoms with Gasteiger partial charge in [-0.25, -0.2) is 0 Å². The number of hydrogen-bond acceptors (Lipinski definition) is 2. The Kier molecular flexibility index (Phi) is 3.21. The van der Waals surface area contributed by atoms with Crippen molar-refractivity contribution in [1.29, 1.82) is 0 Å². The molecule has 7 heteroatoms. The van der Waals surface area contributed by atoms with E-state index in [1.54, 1.807) is 6.07 Å². The smallest absolute Gasteiger partial charge is 0.471 e. The Morgan fingerprint density at radius 2 is 1.89 bits per heavy atom. The van der Waals surface area contributed by atoms with E-state index in [2.05, 4.69) is 0 Å². The van der Waals surface area contributed by atoms with E-state index in [0.29, 0.717) is 10.5 Å². The number of carboxylic acids is 1. The zero-order chi connectivity index (χ0) is 14.2. The van der Waals surface area contributed by atoms with Crippen LogP contribution in [-0.4, -0.2) is 29.7 Å². The second kappa shape index (κ2) is 4.56. The number of amides is 1. The number of fused-ring (bicyclic) bond motifs is 1. The number of anilines is 1. The van der Waals surface area contributed by atoms with Crippen molar-refractivity contribution >= 4 is 17.6 Å². The van der Waals surface area contributed by atoms with E-state index in [-0.39, 0.29) is 12.1 Å². The summed E-state index contributed by atoms with van der Waals surface area (Å²) in [5.41, 5.74) is 0.557. The molecule has 1 aliphatic rings. The van der Waals surface area contributed by atoms with Gasteiger partial charge in [-0.05, 0) is 18.1 Å². The summed E-state index contributed by atoms with van der Waals surface area (Å²) in [6.45, 7) is -0.468. The van der Waals surface area contributed by atoms with Crippen molar-refractivity contribution in [2.24, 2.45) is 5.92 Å². The molecule has 1 aromatic rings. The van der Waals surface area contributed by atoms with Gasteiger partial charge in [0.05, 0.1) is 5.92 Å². The quantitative estimate of drug-likeness (QED) is 0.849. The van der Waals surface area contributed by atoms with Crippen LogP contribution >= 0.6 is 0 Å². The van der Waals surface area contributed by atoms with Gasteiger partial charge >= 0.3 is 18.1 Å². The van der Waals surface area contributed by atoms with Gasteiger partial charge in [0.2, 0.25) is 0 Å². The molecule has 0 spiro atoms. The third-order valence-corrected chi connectivity index (χ3v) is 2.99. The van der Waals surface area contributed by atoms with Gasteiger partial charge in [0, 0.05) is 12.2 Å². The fraction of sp³-hybridized carbons (Fsp3) is 0.333. The zero-order valence-corrected chi connectivity index (χ0v) is 9.65. The summed E-state index contributed by atoms with van der Waals surface area (Å²) in [4.78, 5) is 22.8. The van der Waals surface area contributed by atoms with Crippen LogP contribution < -0.4 is 4.90 Å². The number of carboxylic acid groups (broad SMARTS) is 1. The number of carbonyl (C=O) groups excluding carboxylic acids is 1. The van der Waals surface area contributed by atoms with E-state index in [4.69, 9.17) is 5.11 Å². The predicted octanol–water partition coefficient (Wildman–Crippen LogP) is 1.84. The molecule has 0 radical (unpaired) electrons. The van der Waals surface area contributed by atoms with Crippen molar-refractivity contribution in [3.63, 3.8) is 0 Å². The van der Waals surface area contributed by atoms with Gasteiger partial charge in [0.15, 0.2) is 0 Å². The van der Waals surface area contributed by atoms with Crippen LogP contribution in [0.15, 0.2) is 24.3 Å². The number of para-hydroxylation sites is 1. The standard InChI is InChI=1S/C12H10F3NO3/c13-12(14,15)11(19)16-6-8(10(17)18)5-7-3-1-2-4-9(7)16/h1-4,8H,5-6H2,(H,17,18). The molecule has 1 amide bonds. The largest absolute Gasteiger partial charge is 0.481 e. The first-order chi connectivity index (χ1) is 8.80. The highest BCUT2D eigenvalue weighted by atomic mass is 19.4. The monoisotopic (exact) mass is 273 g/mol. The number of nitrogens with zero attached hydrogens (tertiary/aromatic N) is 1. The van der Waals surface area contributed by atoms with Crippen LogP contribution in [0.3, 0.4) is 0 Å². The molecule has 0 aliphatic carbocycles. The number of hydrogen-bond donors (Lipinski definition) is 1. The Morgan fingerprint density at radius 1 is 1.26 bits per heavy atom. The molecular weight excluding hydrogens is 263 g/mol. The number of benzene rings is 1. The predicted molar refractivity (Wildman–Crippen MR) is 59.7 cm³/mol. The van der Waals surface area contributed by atoms with Gasteiger partial charge in [-0.3, -0.25) is 9.59 Å². The van der Waals surface area contributed by atoms with Gasteiger partial charge in [0.1, 0.15) is 0 Å². The molecule has 1 N–H and O–H groups in total. The lowest BCUT2D eigenvalue weighted by Gasteiger charge is -2.33. The Bertz CT molecular complexity index is 527. The molecule has 1 atom stereocenters. The number of rotatable bonds is 1. The van der Waals surface area contributed by atoms with Gasteiger partial charge in [-0.1, -0.05) is 18.2 Å². The summed E-state index contributed by atoms with van der Waals surface area (Å²) in [5, 5.41) is 8.95. The SMILES string of the molecule is O=C(O)C1Cc2ccccc2N(C(=O)C(F)(F)F)C1. The molecule has 2 rings (SSSR count). The van der Waals surface area contributed by atoms with Gasteiger partial charge in [-0.15, -0.1) is 0 Å². The first-order valence-corrected chi connectivity index (χ1v) is 5.50. The molecule has 0 aromatic heterocycles. The third kappa shape index (κ3) is 2.54. The molecule has 0 saturated heterocycles. The average molecular weight is 273 g/mol. The Hall–Kier alpha value is -2.05. The Balaban J connectivity index is 2.42. The molecule has 1 heterocycles. The lowest BCUT2D eigenvalue weighted by molar-refractivity contribution is -0.170. The normalized spacial score (nSPS) is 18.9. The fourth-order valence-electron chi connectivity index (χ4n) is 2.11. The molecule has 1 aromatic carbocycles. The lowest BCUT2D eigenvalue weighted by Crippen LogP contribution is -2.48. The minimum absolute atomic E-state index is 0.118. The molecule has 0 bridgehead atoms. The molecule has 4 nitrogen and oxygen atoms in total. The molecule has 1 aliphatic heterocycles. The summed E-state index contributed by atoms with van der Waals surface area (Å²) in [5.74, 6) is -4.28. The maximum absolute atomic E-state index is 12.5. The minimum atomic E-state index is -5.02. The van der Waals surface area contributed by atoms with E-state index >= 15 is 0 Å². The van der Waals surface area contributed by atoms with Gasteiger partial charge in [-0.2, -0.15) is 13.2 Å². The second-order valence-corrected chi connectivity index (χ2v) is 4.28. The van der Waals surface area contributed by atoms with Crippen molar-refractivity contribution in [3.05, 3.63) is 29.8 Å². The van der Waals surface area contributed by atoms with Crippen molar-refractivity contribution in [1.82, 2.24) is 0 Å². The first-order valence-electron chi connectivity index (χ1n) is 5.50. The highest BCUT2D eigenvalue weighted by Gasteiger charge is 2.45. The maximum atomic E-state index is 12.5. The van der Waals surface area contributed by atoms with Crippen molar-refractivity contribution in [2.75, 3.05) is 11.4 Å². The molecule has 19 heavy (non-hydrogen) atoms. The summed E-state index contributed by atoms with van der Waals surface area (Å²) in [6.07, 6.45) is -4.90. The Labute approximate surface area is 106 Å². The zero-order valence-electron chi connectivity index (χ0n) is 9.65. The molecule has 0 fully saturated rings. The number of aliphatic carboxylic acids is 1. The summed E-state index contributed by atoms with van der Waals surface area (Å²) in [6, 6.07) is 6.02. The summed E-state index contributed by atoms with van der Waals surface area (Å²) >= 11 is 0. The van der Waals surface area contributed by atoms with Gasteiger partial charge in [0.25, 0.3) is 0 Å². The molecular formula is C12H10F3NO3. The number of carbonyl (C=O) groups is 2. The van der Waals surface area contributed by atoms with Crippen molar-refractivity contribution in [2.45, 2.75) is 12.6 Å². The highest BCUT2D eigenvalue weighted by Crippen LogP contribution is 2.32. The van der Waals surface area contributed by atoms with E-state index < -0.39 is 30.5 Å². The number of alkyl halides is 3. The molecule has 102 valence electrons. The minimum Gasteiger partial charge on any atom is -0.481 e. The van der Waals surface area contributed by atoms with Crippen LogP contribution in [-0.2, 0) is 16.0 Å². The third-order valence-electron chi connectivity index (χ3n) is 2.99. The van der Waals surface area contributed by atoms with Crippen LogP contribution in [0.25, 0.3) is 0 Å². The fourth-order valence-corrected chi connectivity index (χ4v) is 2.11. The van der Waals surface area contributed by atoms with E-state index in [1.165, 1.54) is 18.2 Å². The first kappa shape index (κ1) is 13.4. The van der Waals surface area contributed by atoms with Gasteiger partial charge < -0.3 is 10.0 Å². The van der Waals surface area contributed by atoms with E-state index in [9.17, 15) is 22.8 Å². The van der Waals surface area contributed by atoms with E-state index in [0.717, 1.165) is 0 Å². The topological polar surface area (TPSA) is 57.6 Å². The molecule has 0 saturated carbocycles. The van der Waals surface area contributed by atoms with Crippen LogP contribution in [0.4, 0.5) is 18.9 Å². The van der Waals surface area contributed by atoms with Crippen LogP contribution in [0.5, 0.6) is 0 Å².